The summed E-state index contributed by atoms with van der Waals surface area (Å²) in [6, 6.07) is 5.99. The SMILES string of the molecule is Cc1c2cnc(=O)[nH]c2nn1-c1ccc2nc(C)n(C)c2c1. The van der Waals surface area contributed by atoms with Gasteiger partial charge in [-0.3, -0.25) is 4.98 Å². The Bertz CT molecular complexity index is 1080. The van der Waals surface area contributed by atoms with Gasteiger partial charge in [0.2, 0.25) is 0 Å². The van der Waals surface area contributed by atoms with E-state index >= 15 is 0 Å². The van der Waals surface area contributed by atoms with E-state index in [1.807, 2.05) is 48.3 Å². The lowest BCUT2D eigenvalue weighted by molar-refractivity contribution is 0.851. The number of H-pyrrole nitrogens is 1. The Morgan fingerprint density at radius 2 is 2.05 bits per heavy atom. The third-order valence-corrected chi connectivity index (χ3v) is 4.03. The molecule has 3 heterocycles. The summed E-state index contributed by atoms with van der Waals surface area (Å²) in [4.78, 5) is 22.3. The van der Waals surface area contributed by atoms with Gasteiger partial charge in [-0.1, -0.05) is 0 Å². The van der Waals surface area contributed by atoms with E-state index in [9.17, 15) is 4.79 Å². The van der Waals surface area contributed by atoms with Gasteiger partial charge >= 0.3 is 5.69 Å². The number of benzene rings is 1. The maximum absolute atomic E-state index is 11.3. The van der Waals surface area contributed by atoms with E-state index in [0.717, 1.165) is 33.6 Å². The van der Waals surface area contributed by atoms with Crippen molar-refractivity contribution >= 4 is 22.1 Å². The van der Waals surface area contributed by atoms with E-state index in [4.69, 9.17) is 0 Å². The fourth-order valence-electron chi connectivity index (χ4n) is 2.70. The second kappa shape index (κ2) is 4.27. The van der Waals surface area contributed by atoms with Crippen molar-refractivity contribution in [2.24, 2.45) is 7.05 Å². The zero-order valence-electron chi connectivity index (χ0n) is 12.5. The molecule has 0 fully saturated rings. The fourth-order valence-corrected chi connectivity index (χ4v) is 2.70. The molecular formula is C15H14N6O. The van der Waals surface area contributed by atoms with E-state index in [0.29, 0.717) is 5.65 Å². The molecule has 3 aromatic heterocycles. The average Bonchev–Trinajstić information content (AvgIpc) is 2.97. The largest absolute Gasteiger partial charge is 0.346 e. The van der Waals surface area contributed by atoms with Gasteiger partial charge in [0.15, 0.2) is 5.65 Å². The quantitative estimate of drug-likeness (QED) is 0.578. The molecule has 0 saturated heterocycles. The molecule has 1 N–H and O–H groups in total. The number of nitrogens with one attached hydrogen (secondary N) is 1. The van der Waals surface area contributed by atoms with Crippen LogP contribution in [-0.2, 0) is 7.05 Å². The van der Waals surface area contributed by atoms with Crippen molar-refractivity contribution in [1.82, 2.24) is 29.3 Å². The minimum absolute atomic E-state index is 0.394. The summed E-state index contributed by atoms with van der Waals surface area (Å²) in [7, 11) is 1.99. The highest BCUT2D eigenvalue weighted by molar-refractivity contribution is 5.80. The van der Waals surface area contributed by atoms with Crippen LogP contribution in [0.3, 0.4) is 0 Å². The third-order valence-electron chi connectivity index (χ3n) is 4.03. The zero-order valence-corrected chi connectivity index (χ0v) is 12.5. The molecule has 0 saturated carbocycles. The third kappa shape index (κ3) is 1.68. The molecule has 0 aliphatic rings. The summed E-state index contributed by atoms with van der Waals surface area (Å²) < 4.78 is 3.85. The van der Waals surface area contributed by atoms with E-state index in [2.05, 4.69) is 20.1 Å². The molecular weight excluding hydrogens is 280 g/mol. The minimum Gasteiger partial charge on any atom is -0.331 e. The Morgan fingerprint density at radius 3 is 2.86 bits per heavy atom. The Balaban J connectivity index is 2.00. The predicted molar refractivity (Wildman–Crippen MR) is 83.2 cm³/mol. The first-order chi connectivity index (χ1) is 10.5. The van der Waals surface area contributed by atoms with Crippen LogP contribution in [0.25, 0.3) is 27.8 Å². The van der Waals surface area contributed by atoms with E-state index in [1.54, 1.807) is 6.20 Å². The summed E-state index contributed by atoms with van der Waals surface area (Å²) in [5.74, 6) is 0.961. The normalized spacial score (nSPS) is 11.6. The number of nitrogens with zero attached hydrogens (tertiary/aromatic N) is 5. The van der Waals surface area contributed by atoms with Crippen LogP contribution in [0, 0.1) is 13.8 Å². The molecule has 4 aromatic rings. The topological polar surface area (TPSA) is 81.4 Å². The Morgan fingerprint density at radius 1 is 1.23 bits per heavy atom. The van der Waals surface area contributed by atoms with Gasteiger partial charge in [0.25, 0.3) is 0 Å². The molecule has 0 atom stereocenters. The van der Waals surface area contributed by atoms with Crippen LogP contribution in [0.4, 0.5) is 0 Å². The number of rotatable bonds is 1. The molecule has 0 aliphatic heterocycles. The summed E-state index contributed by atoms with van der Waals surface area (Å²) in [6.45, 7) is 3.93. The number of hydrogen-bond donors (Lipinski definition) is 1. The van der Waals surface area contributed by atoms with Crippen LogP contribution in [0.1, 0.15) is 11.5 Å². The molecule has 0 radical (unpaired) electrons. The van der Waals surface area contributed by atoms with Crippen molar-refractivity contribution in [2.45, 2.75) is 13.8 Å². The Kier molecular flexibility index (Phi) is 2.47. The second-order valence-corrected chi connectivity index (χ2v) is 5.34. The maximum atomic E-state index is 11.3. The van der Waals surface area contributed by atoms with Gasteiger partial charge in [0.05, 0.1) is 27.8 Å². The number of imidazole rings is 1. The maximum Gasteiger partial charge on any atom is 0.346 e. The number of fused-ring (bicyclic) bond motifs is 2. The van der Waals surface area contributed by atoms with Crippen molar-refractivity contribution in [3.8, 4) is 5.69 Å². The molecule has 4 rings (SSSR count). The summed E-state index contributed by atoms with van der Waals surface area (Å²) in [5, 5.41) is 5.31. The molecule has 0 spiro atoms. The van der Waals surface area contributed by atoms with Gasteiger partial charge in [0.1, 0.15) is 5.82 Å². The molecule has 0 unspecified atom stereocenters. The van der Waals surface area contributed by atoms with Gasteiger partial charge < -0.3 is 4.57 Å². The van der Waals surface area contributed by atoms with Crippen LogP contribution >= 0.6 is 0 Å². The first-order valence-electron chi connectivity index (χ1n) is 6.93. The predicted octanol–water partition coefficient (Wildman–Crippen LogP) is 1.61. The van der Waals surface area contributed by atoms with E-state index < -0.39 is 5.69 Å². The Labute approximate surface area is 125 Å². The van der Waals surface area contributed by atoms with Gasteiger partial charge in [-0.05, 0) is 32.0 Å². The van der Waals surface area contributed by atoms with Crippen molar-refractivity contribution in [1.29, 1.82) is 0 Å². The molecule has 1 aromatic carbocycles. The molecule has 7 nitrogen and oxygen atoms in total. The molecule has 7 heteroatoms. The lowest BCUT2D eigenvalue weighted by Gasteiger charge is -2.05. The highest BCUT2D eigenvalue weighted by Crippen LogP contribution is 2.22. The summed E-state index contributed by atoms with van der Waals surface area (Å²) in [6.07, 6.45) is 1.56. The highest BCUT2D eigenvalue weighted by Gasteiger charge is 2.12. The molecule has 0 aliphatic carbocycles. The van der Waals surface area contributed by atoms with Crippen molar-refractivity contribution in [2.75, 3.05) is 0 Å². The molecule has 22 heavy (non-hydrogen) atoms. The van der Waals surface area contributed by atoms with Gasteiger partial charge in [-0.2, -0.15) is 0 Å². The zero-order chi connectivity index (χ0) is 15.4. The number of aryl methyl sites for hydroxylation is 3. The monoisotopic (exact) mass is 294 g/mol. The molecule has 0 bridgehead atoms. The van der Waals surface area contributed by atoms with Gasteiger partial charge in [-0.15, -0.1) is 5.10 Å². The van der Waals surface area contributed by atoms with E-state index in [1.165, 1.54) is 0 Å². The standard InChI is InChI=1S/C15H14N6O/c1-8-11-7-16-15(22)18-14(11)19-21(8)10-4-5-12-13(6-10)20(3)9(2)17-12/h4-7H,1-3H3,(H,18,19,22). The number of aromatic nitrogens is 6. The second-order valence-electron chi connectivity index (χ2n) is 5.34. The van der Waals surface area contributed by atoms with Crippen molar-refractivity contribution in [3.63, 3.8) is 0 Å². The van der Waals surface area contributed by atoms with Gasteiger partial charge in [0, 0.05) is 13.2 Å². The van der Waals surface area contributed by atoms with Crippen LogP contribution in [0.5, 0.6) is 0 Å². The summed E-state index contributed by atoms with van der Waals surface area (Å²) in [5.41, 5.74) is 3.99. The lowest BCUT2D eigenvalue weighted by atomic mass is 10.2. The first-order valence-corrected chi connectivity index (χ1v) is 6.93. The summed E-state index contributed by atoms with van der Waals surface area (Å²) >= 11 is 0. The minimum atomic E-state index is -0.394. The first kappa shape index (κ1) is 12.8. The van der Waals surface area contributed by atoms with Crippen molar-refractivity contribution in [3.05, 3.63) is 46.4 Å². The van der Waals surface area contributed by atoms with Crippen molar-refractivity contribution < 1.29 is 0 Å². The number of hydrogen-bond acceptors (Lipinski definition) is 4. The van der Waals surface area contributed by atoms with Crippen LogP contribution in [0.15, 0.2) is 29.2 Å². The lowest BCUT2D eigenvalue weighted by Crippen LogP contribution is -2.08. The Hall–Kier alpha value is -2.96. The average molecular weight is 294 g/mol. The molecule has 110 valence electrons. The van der Waals surface area contributed by atoms with Crippen LogP contribution < -0.4 is 5.69 Å². The van der Waals surface area contributed by atoms with Crippen LogP contribution in [0.2, 0.25) is 0 Å². The fraction of sp³-hybridized carbons (Fsp3) is 0.200. The van der Waals surface area contributed by atoms with Crippen LogP contribution in [-0.4, -0.2) is 29.3 Å². The smallest absolute Gasteiger partial charge is 0.331 e. The van der Waals surface area contributed by atoms with E-state index in [-0.39, 0.29) is 0 Å². The van der Waals surface area contributed by atoms with Gasteiger partial charge in [-0.25, -0.2) is 19.4 Å². The number of aromatic amines is 1. The highest BCUT2D eigenvalue weighted by atomic mass is 16.1. The molecule has 0 amide bonds.